The summed E-state index contributed by atoms with van der Waals surface area (Å²) in [4.78, 5) is 4.66. The van der Waals surface area contributed by atoms with Crippen LogP contribution in [-0.4, -0.2) is 11.5 Å². The van der Waals surface area contributed by atoms with Gasteiger partial charge in [-0.15, -0.1) is 0 Å². The zero-order valence-electron chi connectivity index (χ0n) is 13.0. The molecule has 0 spiro atoms. The van der Waals surface area contributed by atoms with Crippen LogP contribution >= 0.6 is 0 Å². The number of hydrogen-bond acceptors (Lipinski definition) is 2. The average Bonchev–Trinajstić information content (AvgIpc) is 2.54. The van der Waals surface area contributed by atoms with Crippen LogP contribution in [0, 0.1) is 11.8 Å². The molecule has 1 saturated carbocycles. The molecule has 2 aromatic rings. The third kappa shape index (κ3) is 3.11. The lowest BCUT2D eigenvalue weighted by Crippen LogP contribution is -2.29. The van der Waals surface area contributed by atoms with Gasteiger partial charge in [0, 0.05) is 11.6 Å². The molecule has 0 bridgehead atoms. The van der Waals surface area contributed by atoms with E-state index in [0.29, 0.717) is 11.8 Å². The lowest BCUT2D eigenvalue weighted by Gasteiger charge is -2.36. The Morgan fingerprint density at radius 3 is 2.90 bits per heavy atom. The van der Waals surface area contributed by atoms with Gasteiger partial charge in [-0.3, -0.25) is 4.98 Å². The summed E-state index contributed by atoms with van der Waals surface area (Å²) >= 11 is 0. The van der Waals surface area contributed by atoms with Gasteiger partial charge in [-0.1, -0.05) is 44.4 Å². The summed E-state index contributed by atoms with van der Waals surface area (Å²) in [5.74, 6) is 2.09. The maximum Gasteiger partial charge on any atom is 0.0702 e. The van der Waals surface area contributed by atoms with Gasteiger partial charge < -0.3 is 5.73 Å². The van der Waals surface area contributed by atoms with E-state index in [1.54, 1.807) is 0 Å². The van der Waals surface area contributed by atoms with Crippen LogP contribution in [0.25, 0.3) is 10.9 Å². The summed E-state index contributed by atoms with van der Waals surface area (Å²) in [5.41, 5.74) is 8.53. The van der Waals surface area contributed by atoms with Crippen molar-refractivity contribution in [3.05, 3.63) is 42.1 Å². The van der Waals surface area contributed by atoms with Gasteiger partial charge in [-0.25, -0.2) is 0 Å². The van der Waals surface area contributed by atoms with Gasteiger partial charge >= 0.3 is 0 Å². The topological polar surface area (TPSA) is 38.9 Å². The smallest absolute Gasteiger partial charge is 0.0702 e. The number of pyridine rings is 1. The molecule has 1 heterocycles. The zero-order valence-corrected chi connectivity index (χ0v) is 13.0. The molecule has 0 saturated heterocycles. The van der Waals surface area contributed by atoms with E-state index in [-0.39, 0.29) is 0 Å². The van der Waals surface area contributed by atoms with E-state index >= 15 is 0 Å². The molecule has 0 aliphatic heterocycles. The second kappa shape index (κ2) is 6.57. The number of nitrogens with zero attached hydrogens (tertiary/aromatic N) is 1. The van der Waals surface area contributed by atoms with Gasteiger partial charge in [-0.05, 0) is 54.8 Å². The highest BCUT2D eigenvalue weighted by Crippen LogP contribution is 2.42. The summed E-state index contributed by atoms with van der Waals surface area (Å²) < 4.78 is 0. The van der Waals surface area contributed by atoms with Crippen molar-refractivity contribution >= 4 is 10.9 Å². The number of fused-ring (bicyclic) bond motifs is 1. The first kappa shape index (κ1) is 14.5. The quantitative estimate of drug-likeness (QED) is 0.897. The first-order chi connectivity index (χ1) is 10.3. The first-order valence-electron chi connectivity index (χ1n) is 8.36. The lowest BCUT2D eigenvalue weighted by molar-refractivity contribution is 0.230. The van der Waals surface area contributed by atoms with Gasteiger partial charge in [0.05, 0.1) is 5.52 Å². The van der Waals surface area contributed by atoms with E-state index in [1.807, 2.05) is 0 Å². The normalized spacial score (nSPS) is 26.1. The molecule has 3 atom stereocenters. The Bertz CT molecular complexity index is 593. The van der Waals surface area contributed by atoms with E-state index in [9.17, 15) is 0 Å². The van der Waals surface area contributed by atoms with Gasteiger partial charge in [0.15, 0.2) is 0 Å². The predicted octanol–water partition coefficient (Wildman–Crippen LogP) is 4.49. The molecule has 2 nitrogen and oxygen atoms in total. The molecular formula is C19H26N2. The molecule has 21 heavy (non-hydrogen) atoms. The second-order valence-electron chi connectivity index (χ2n) is 6.53. The molecule has 1 aliphatic rings. The molecule has 0 radical (unpaired) electrons. The molecule has 1 fully saturated rings. The Morgan fingerprint density at radius 1 is 1.24 bits per heavy atom. The highest BCUT2D eigenvalue weighted by molar-refractivity contribution is 5.78. The summed E-state index contributed by atoms with van der Waals surface area (Å²) in [6.07, 6.45) is 8.65. The van der Waals surface area contributed by atoms with E-state index in [2.05, 4.69) is 48.4 Å². The lowest BCUT2D eigenvalue weighted by atomic mass is 9.70. The Kier molecular flexibility index (Phi) is 4.54. The van der Waals surface area contributed by atoms with Crippen LogP contribution in [0.15, 0.2) is 36.5 Å². The minimum Gasteiger partial charge on any atom is -0.330 e. The monoisotopic (exact) mass is 282 g/mol. The van der Waals surface area contributed by atoms with Crippen molar-refractivity contribution < 1.29 is 0 Å². The molecule has 112 valence electrons. The van der Waals surface area contributed by atoms with Crippen LogP contribution in [0.5, 0.6) is 0 Å². The number of para-hydroxylation sites is 1. The van der Waals surface area contributed by atoms with Crippen LogP contribution in [-0.2, 0) is 0 Å². The predicted molar refractivity (Wildman–Crippen MR) is 89.3 cm³/mol. The van der Waals surface area contributed by atoms with Gasteiger partial charge in [0.1, 0.15) is 0 Å². The molecular weight excluding hydrogens is 256 g/mol. The van der Waals surface area contributed by atoms with Crippen LogP contribution < -0.4 is 5.73 Å². The number of rotatable bonds is 4. The Labute approximate surface area is 127 Å². The molecule has 0 amide bonds. The number of hydrogen-bond donors (Lipinski definition) is 1. The van der Waals surface area contributed by atoms with Crippen molar-refractivity contribution in [3.8, 4) is 0 Å². The fourth-order valence-corrected chi connectivity index (χ4v) is 3.97. The molecule has 1 aliphatic carbocycles. The largest absolute Gasteiger partial charge is 0.330 e. The maximum absolute atomic E-state index is 6.04. The first-order valence-corrected chi connectivity index (χ1v) is 8.36. The van der Waals surface area contributed by atoms with Crippen molar-refractivity contribution in [2.75, 3.05) is 6.54 Å². The molecule has 2 heteroatoms. The number of nitrogens with two attached hydrogens (primary N) is 1. The molecule has 1 aromatic heterocycles. The molecule has 3 unspecified atom stereocenters. The van der Waals surface area contributed by atoms with Crippen molar-refractivity contribution in [2.45, 2.75) is 44.9 Å². The second-order valence-corrected chi connectivity index (χ2v) is 6.53. The van der Waals surface area contributed by atoms with Crippen molar-refractivity contribution in [1.29, 1.82) is 0 Å². The van der Waals surface area contributed by atoms with Gasteiger partial charge in [0.2, 0.25) is 0 Å². The Morgan fingerprint density at radius 2 is 2.10 bits per heavy atom. The fourth-order valence-electron chi connectivity index (χ4n) is 3.97. The van der Waals surface area contributed by atoms with Crippen molar-refractivity contribution in [3.63, 3.8) is 0 Å². The standard InChI is InChI=1S/C19H26N2/c1-2-5-14-8-9-16(12-20)18(10-14)17-11-15-6-3-4-7-19(15)21-13-17/h3-4,6-7,11,13-14,16,18H,2,5,8-10,12,20H2,1H3. The average molecular weight is 282 g/mol. The van der Waals surface area contributed by atoms with E-state index < -0.39 is 0 Å². The summed E-state index contributed by atoms with van der Waals surface area (Å²) in [5, 5.41) is 1.25. The van der Waals surface area contributed by atoms with Crippen LogP contribution in [0.3, 0.4) is 0 Å². The molecule has 1 aromatic carbocycles. The SMILES string of the molecule is CCCC1CCC(CN)C(c2cnc3ccccc3c2)C1. The minimum absolute atomic E-state index is 0.595. The van der Waals surface area contributed by atoms with Gasteiger partial charge in [0.25, 0.3) is 0 Å². The highest BCUT2D eigenvalue weighted by Gasteiger charge is 2.30. The zero-order chi connectivity index (χ0) is 14.7. The summed E-state index contributed by atoms with van der Waals surface area (Å²) in [6.45, 7) is 3.10. The fraction of sp³-hybridized carbons (Fsp3) is 0.526. The molecule has 2 N–H and O–H groups in total. The van der Waals surface area contributed by atoms with Crippen LogP contribution in [0.1, 0.15) is 50.5 Å². The molecule has 3 rings (SSSR count). The third-order valence-corrected chi connectivity index (χ3v) is 5.14. The van der Waals surface area contributed by atoms with Crippen LogP contribution in [0.4, 0.5) is 0 Å². The highest BCUT2D eigenvalue weighted by atomic mass is 14.7. The van der Waals surface area contributed by atoms with Crippen molar-refractivity contribution in [1.82, 2.24) is 4.98 Å². The number of benzene rings is 1. The van der Waals surface area contributed by atoms with E-state index in [0.717, 1.165) is 18.0 Å². The maximum atomic E-state index is 6.04. The van der Waals surface area contributed by atoms with Crippen molar-refractivity contribution in [2.24, 2.45) is 17.6 Å². The summed E-state index contributed by atoms with van der Waals surface area (Å²) in [7, 11) is 0. The summed E-state index contributed by atoms with van der Waals surface area (Å²) in [6, 6.07) is 10.7. The van der Waals surface area contributed by atoms with E-state index in [1.165, 1.54) is 43.1 Å². The Hall–Kier alpha value is -1.41. The third-order valence-electron chi connectivity index (χ3n) is 5.14. The van der Waals surface area contributed by atoms with Crippen LogP contribution in [0.2, 0.25) is 0 Å². The number of aromatic nitrogens is 1. The van der Waals surface area contributed by atoms with E-state index in [4.69, 9.17) is 5.73 Å². The van der Waals surface area contributed by atoms with Gasteiger partial charge in [-0.2, -0.15) is 0 Å². The Balaban J connectivity index is 1.89. The minimum atomic E-state index is 0.595.